The molecule has 0 spiro atoms. The van der Waals surface area contributed by atoms with Crippen LogP contribution in [0.4, 0.5) is 16.2 Å². The quantitative estimate of drug-likeness (QED) is 0.384. The second kappa shape index (κ2) is 8.62. The molecule has 1 heterocycles. The topological polar surface area (TPSA) is 120 Å². The number of nitrogen functional groups attached to an aromatic ring is 1. The Labute approximate surface area is 173 Å². The van der Waals surface area contributed by atoms with Crippen molar-refractivity contribution in [3.8, 4) is 0 Å². The van der Waals surface area contributed by atoms with Gasteiger partial charge in [0.1, 0.15) is 0 Å². The van der Waals surface area contributed by atoms with Gasteiger partial charge in [-0.05, 0) is 36.8 Å². The van der Waals surface area contributed by atoms with Crippen LogP contribution in [0, 0.1) is 5.41 Å². The van der Waals surface area contributed by atoms with E-state index in [0.717, 1.165) is 11.8 Å². The van der Waals surface area contributed by atoms with Gasteiger partial charge in [-0.1, -0.05) is 41.9 Å². The Hall–Kier alpha value is -3.58. The van der Waals surface area contributed by atoms with E-state index in [1.54, 1.807) is 31.2 Å². The first-order valence-corrected chi connectivity index (χ1v) is 9.18. The Kier molecular flexibility index (Phi) is 5.99. The molecule has 1 aliphatic rings. The molecule has 6 N–H and O–H groups in total. The second-order valence-electron chi connectivity index (χ2n) is 6.45. The van der Waals surface area contributed by atoms with Crippen molar-refractivity contribution in [1.82, 2.24) is 10.6 Å². The number of hydrogen-bond acceptors (Lipinski definition) is 4. The van der Waals surface area contributed by atoms with Crippen molar-refractivity contribution in [2.75, 3.05) is 11.1 Å². The number of hydrogen-bond donors (Lipinski definition) is 5. The molecule has 0 fully saturated rings. The van der Waals surface area contributed by atoms with Crippen molar-refractivity contribution in [2.45, 2.75) is 13.0 Å². The summed E-state index contributed by atoms with van der Waals surface area (Å²) in [6.45, 7) is 1.64. The van der Waals surface area contributed by atoms with E-state index in [1.165, 1.54) is 0 Å². The van der Waals surface area contributed by atoms with Crippen LogP contribution < -0.4 is 21.7 Å². The Morgan fingerprint density at radius 2 is 1.97 bits per heavy atom. The number of benzene rings is 2. The Morgan fingerprint density at radius 3 is 2.66 bits per heavy atom. The molecule has 0 saturated carbocycles. The van der Waals surface area contributed by atoms with E-state index >= 15 is 0 Å². The van der Waals surface area contributed by atoms with Crippen LogP contribution in [0.5, 0.6) is 0 Å². The molecule has 148 valence electrons. The highest BCUT2D eigenvalue weighted by molar-refractivity contribution is 6.33. The molecule has 0 aromatic heterocycles. The molecular formula is C21H20ClN5O2. The van der Waals surface area contributed by atoms with Crippen LogP contribution in [0.3, 0.4) is 0 Å². The highest BCUT2D eigenvalue weighted by atomic mass is 35.5. The number of nitrogens with one attached hydrogen (secondary N) is 4. The molecule has 0 bridgehead atoms. The monoisotopic (exact) mass is 409 g/mol. The summed E-state index contributed by atoms with van der Waals surface area (Å²) in [6, 6.07) is 13.0. The van der Waals surface area contributed by atoms with Crippen molar-refractivity contribution >= 4 is 47.2 Å². The Morgan fingerprint density at radius 1 is 1.24 bits per heavy atom. The summed E-state index contributed by atoms with van der Waals surface area (Å²) in [4.78, 5) is 25.0. The van der Waals surface area contributed by atoms with E-state index in [1.807, 2.05) is 30.3 Å². The molecule has 1 aliphatic heterocycles. The molecule has 1 atom stereocenters. The maximum Gasteiger partial charge on any atom is 0.319 e. The molecule has 3 amide bonds. The number of carbonyl (C=O) groups is 2. The lowest BCUT2D eigenvalue weighted by Gasteiger charge is -2.28. The van der Waals surface area contributed by atoms with Gasteiger partial charge in [0.25, 0.3) is 5.91 Å². The van der Waals surface area contributed by atoms with E-state index in [9.17, 15) is 9.59 Å². The summed E-state index contributed by atoms with van der Waals surface area (Å²) in [5.41, 5.74) is 8.72. The Bertz CT molecular complexity index is 1030. The van der Waals surface area contributed by atoms with Gasteiger partial charge < -0.3 is 27.1 Å². The molecule has 1 unspecified atom stereocenters. The van der Waals surface area contributed by atoms with E-state index < -0.39 is 18.0 Å². The average Bonchev–Trinajstić information content (AvgIpc) is 2.69. The summed E-state index contributed by atoms with van der Waals surface area (Å²) in [5, 5.41) is 15.8. The van der Waals surface area contributed by atoms with Crippen LogP contribution >= 0.6 is 11.6 Å². The smallest absolute Gasteiger partial charge is 0.319 e. The first kappa shape index (κ1) is 20.2. The van der Waals surface area contributed by atoms with E-state index in [2.05, 4.69) is 16.0 Å². The van der Waals surface area contributed by atoms with Crippen LogP contribution in [-0.2, 0) is 4.79 Å². The molecule has 8 heteroatoms. The number of nitrogens with two attached hydrogens (primary N) is 1. The third-order valence-electron chi connectivity index (χ3n) is 4.39. The number of anilines is 2. The molecular weight excluding hydrogens is 390 g/mol. The highest BCUT2D eigenvalue weighted by Gasteiger charge is 2.32. The number of urea groups is 1. The summed E-state index contributed by atoms with van der Waals surface area (Å²) >= 11 is 6.49. The van der Waals surface area contributed by atoms with Crippen LogP contribution in [0.25, 0.3) is 6.08 Å². The standard InChI is InChI=1S/C21H20ClN5O2/c1-12-18(20(28)26-15-7-8-17(24)14(10-15)11-23)19(27-21(29)25-12)16(22)9-13-5-3-2-4-6-13/h2-11,19,23H,24H2,1H3,(H,26,28)(H2,25,27,29)/b16-9-,23-11?. The number of halogens is 1. The van der Waals surface area contributed by atoms with Crippen LogP contribution in [-0.4, -0.2) is 24.2 Å². The zero-order chi connectivity index (χ0) is 21.0. The van der Waals surface area contributed by atoms with E-state index in [-0.39, 0.29) is 5.57 Å². The molecule has 29 heavy (non-hydrogen) atoms. The largest absolute Gasteiger partial charge is 0.398 e. The van der Waals surface area contributed by atoms with Gasteiger partial charge in [0.2, 0.25) is 0 Å². The predicted octanol–water partition coefficient (Wildman–Crippen LogP) is 3.44. The van der Waals surface area contributed by atoms with E-state index in [4.69, 9.17) is 22.7 Å². The van der Waals surface area contributed by atoms with Gasteiger partial charge in [0.05, 0.1) is 11.6 Å². The third-order valence-corrected chi connectivity index (χ3v) is 4.72. The van der Waals surface area contributed by atoms with E-state index in [0.29, 0.717) is 27.7 Å². The lowest BCUT2D eigenvalue weighted by Crippen LogP contribution is -2.50. The van der Waals surface area contributed by atoms with Gasteiger partial charge in [-0.15, -0.1) is 0 Å². The van der Waals surface area contributed by atoms with Gasteiger partial charge in [-0.3, -0.25) is 4.79 Å². The van der Waals surface area contributed by atoms with Gasteiger partial charge in [0, 0.05) is 33.9 Å². The van der Waals surface area contributed by atoms with Crippen molar-refractivity contribution < 1.29 is 9.59 Å². The molecule has 3 rings (SSSR count). The zero-order valence-corrected chi connectivity index (χ0v) is 16.4. The van der Waals surface area contributed by atoms with Crippen LogP contribution in [0.2, 0.25) is 0 Å². The molecule has 2 aromatic carbocycles. The first-order chi connectivity index (χ1) is 13.9. The van der Waals surface area contributed by atoms with Gasteiger partial charge in [-0.2, -0.15) is 0 Å². The second-order valence-corrected chi connectivity index (χ2v) is 6.89. The van der Waals surface area contributed by atoms with Crippen molar-refractivity contribution in [3.05, 3.63) is 76.0 Å². The zero-order valence-electron chi connectivity index (χ0n) is 15.6. The van der Waals surface area contributed by atoms with Crippen molar-refractivity contribution in [2.24, 2.45) is 0 Å². The number of carbonyl (C=O) groups excluding carboxylic acids is 2. The normalized spacial score (nSPS) is 16.7. The van der Waals surface area contributed by atoms with Gasteiger partial charge >= 0.3 is 6.03 Å². The minimum absolute atomic E-state index is 0.287. The Balaban J connectivity index is 1.92. The SMILES string of the molecule is CC1=C(C(=O)Nc2ccc(N)c(C=N)c2)C(/C(Cl)=C/c2ccccc2)NC(=O)N1. The number of rotatable bonds is 5. The molecule has 7 nitrogen and oxygen atoms in total. The highest BCUT2D eigenvalue weighted by Crippen LogP contribution is 2.25. The minimum Gasteiger partial charge on any atom is -0.398 e. The van der Waals surface area contributed by atoms with Gasteiger partial charge in [0.15, 0.2) is 0 Å². The fraction of sp³-hybridized carbons (Fsp3) is 0.0952. The fourth-order valence-electron chi connectivity index (χ4n) is 2.97. The minimum atomic E-state index is -0.804. The van der Waals surface area contributed by atoms with Crippen molar-refractivity contribution in [3.63, 3.8) is 0 Å². The van der Waals surface area contributed by atoms with Crippen molar-refractivity contribution in [1.29, 1.82) is 5.41 Å². The summed E-state index contributed by atoms with van der Waals surface area (Å²) in [5.74, 6) is -0.430. The lowest BCUT2D eigenvalue weighted by atomic mass is 10.00. The van der Waals surface area contributed by atoms with Gasteiger partial charge in [-0.25, -0.2) is 4.79 Å². The summed E-state index contributed by atoms with van der Waals surface area (Å²) < 4.78 is 0. The van der Waals surface area contributed by atoms with Crippen LogP contribution in [0.1, 0.15) is 18.1 Å². The fourth-order valence-corrected chi connectivity index (χ4v) is 3.26. The maximum absolute atomic E-state index is 13.0. The summed E-state index contributed by atoms with van der Waals surface area (Å²) in [7, 11) is 0. The first-order valence-electron chi connectivity index (χ1n) is 8.81. The number of amides is 3. The van der Waals surface area contributed by atoms with Crippen LogP contribution in [0.15, 0.2) is 64.8 Å². The molecule has 2 aromatic rings. The molecule has 0 saturated heterocycles. The predicted molar refractivity (Wildman–Crippen MR) is 116 cm³/mol. The average molecular weight is 410 g/mol. The number of allylic oxidation sites excluding steroid dienone is 1. The third kappa shape index (κ3) is 4.64. The maximum atomic E-state index is 13.0. The molecule has 0 radical (unpaired) electrons. The molecule has 0 aliphatic carbocycles. The summed E-state index contributed by atoms with van der Waals surface area (Å²) in [6.07, 6.45) is 2.81. The lowest BCUT2D eigenvalue weighted by molar-refractivity contribution is -0.113.